The first-order chi connectivity index (χ1) is 7.31. The van der Waals surface area contributed by atoms with Gasteiger partial charge in [-0.2, -0.15) is 11.8 Å². The molecule has 0 aromatic rings. The second-order valence-electron chi connectivity index (χ2n) is 5.24. The van der Waals surface area contributed by atoms with Crippen LogP contribution in [0.5, 0.6) is 0 Å². The highest BCUT2D eigenvalue weighted by Crippen LogP contribution is 2.39. The van der Waals surface area contributed by atoms with E-state index in [1.807, 2.05) is 11.8 Å². The van der Waals surface area contributed by atoms with Crippen LogP contribution in [0.25, 0.3) is 0 Å². The lowest BCUT2D eigenvalue weighted by Gasteiger charge is -2.34. The van der Waals surface area contributed by atoms with Crippen LogP contribution >= 0.6 is 11.8 Å². The molecular formula is C13H24OS. The summed E-state index contributed by atoms with van der Waals surface area (Å²) in [5.74, 6) is 2.77. The van der Waals surface area contributed by atoms with E-state index in [0.29, 0.717) is 11.2 Å². The number of hydrogen-bond acceptors (Lipinski definition) is 2. The smallest absolute Gasteiger partial charge is 0.0686 e. The highest BCUT2D eigenvalue weighted by Gasteiger charge is 2.33. The van der Waals surface area contributed by atoms with Gasteiger partial charge in [0.25, 0.3) is 0 Å². The van der Waals surface area contributed by atoms with E-state index in [0.717, 1.165) is 5.92 Å². The third-order valence-electron chi connectivity index (χ3n) is 4.23. The van der Waals surface area contributed by atoms with E-state index in [1.165, 1.54) is 50.7 Å². The number of thioether (sulfide) groups is 1. The molecule has 0 spiro atoms. The van der Waals surface area contributed by atoms with Crippen molar-refractivity contribution in [3.8, 4) is 0 Å². The van der Waals surface area contributed by atoms with Gasteiger partial charge in [-0.15, -0.1) is 0 Å². The van der Waals surface area contributed by atoms with Gasteiger partial charge in [0.15, 0.2) is 0 Å². The summed E-state index contributed by atoms with van der Waals surface area (Å²) in [6, 6.07) is 0. The summed E-state index contributed by atoms with van der Waals surface area (Å²) < 4.78 is 0. The molecule has 1 saturated carbocycles. The maximum absolute atomic E-state index is 10.4. The Bertz CT molecular complexity index is 189. The van der Waals surface area contributed by atoms with E-state index in [4.69, 9.17) is 0 Å². The molecule has 1 aliphatic carbocycles. The van der Waals surface area contributed by atoms with Gasteiger partial charge in [-0.1, -0.05) is 26.2 Å². The molecule has 1 N–H and O–H groups in total. The van der Waals surface area contributed by atoms with Gasteiger partial charge in [-0.3, -0.25) is 0 Å². The first-order valence-corrected chi connectivity index (χ1v) is 7.65. The van der Waals surface area contributed by atoms with Crippen LogP contribution in [0.2, 0.25) is 0 Å². The van der Waals surface area contributed by atoms with E-state index in [-0.39, 0.29) is 6.10 Å². The highest BCUT2D eigenvalue weighted by molar-refractivity contribution is 8.00. The van der Waals surface area contributed by atoms with Crippen LogP contribution in [-0.2, 0) is 0 Å². The Kier molecular flexibility index (Phi) is 4.39. The summed E-state index contributed by atoms with van der Waals surface area (Å²) in [6.45, 7) is 2.30. The van der Waals surface area contributed by atoms with Gasteiger partial charge in [0.05, 0.1) is 6.10 Å². The minimum Gasteiger partial charge on any atom is -0.392 e. The van der Waals surface area contributed by atoms with Gasteiger partial charge in [-0.25, -0.2) is 0 Å². The van der Waals surface area contributed by atoms with Crippen molar-refractivity contribution in [3.05, 3.63) is 0 Å². The Morgan fingerprint density at radius 1 is 1.27 bits per heavy atom. The molecule has 1 aliphatic heterocycles. The molecule has 0 amide bonds. The Hall–Kier alpha value is 0.310. The number of hydrogen-bond donors (Lipinski definition) is 1. The molecule has 2 heteroatoms. The molecule has 0 bridgehead atoms. The molecule has 2 aliphatic rings. The molecule has 88 valence electrons. The van der Waals surface area contributed by atoms with Gasteiger partial charge in [-0.05, 0) is 43.3 Å². The van der Waals surface area contributed by atoms with Crippen molar-refractivity contribution in [2.45, 2.75) is 63.2 Å². The first kappa shape index (κ1) is 11.8. The molecule has 0 aromatic carbocycles. The van der Waals surface area contributed by atoms with Crippen LogP contribution in [-0.4, -0.2) is 22.2 Å². The molecule has 1 saturated heterocycles. The molecule has 1 heterocycles. The summed E-state index contributed by atoms with van der Waals surface area (Å²) in [5, 5.41) is 10.9. The first-order valence-electron chi connectivity index (χ1n) is 6.61. The van der Waals surface area contributed by atoms with Crippen molar-refractivity contribution < 1.29 is 5.11 Å². The summed E-state index contributed by atoms with van der Waals surface area (Å²) in [6.07, 6.45) is 9.17. The maximum Gasteiger partial charge on any atom is 0.0686 e. The SMILES string of the molecule is CCC1CCCC(C(O)C2CCCS2)C1. The third-order valence-corrected chi connectivity index (χ3v) is 5.70. The number of rotatable bonds is 3. The molecule has 0 radical (unpaired) electrons. The molecule has 4 unspecified atom stereocenters. The van der Waals surface area contributed by atoms with E-state index < -0.39 is 0 Å². The maximum atomic E-state index is 10.4. The average molecular weight is 228 g/mol. The van der Waals surface area contributed by atoms with Crippen molar-refractivity contribution in [1.29, 1.82) is 0 Å². The Morgan fingerprint density at radius 2 is 2.13 bits per heavy atom. The topological polar surface area (TPSA) is 20.2 Å². The van der Waals surface area contributed by atoms with Crippen LogP contribution < -0.4 is 0 Å². The fourth-order valence-corrected chi connectivity index (χ4v) is 4.58. The van der Waals surface area contributed by atoms with Crippen LogP contribution in [0.1, 0.15) is 51.9 Å². The quantitative estimate of drug-likeness (QED) is 0.798. The molecule has 0 aromatic heterocycles. The molecule has 1 nitrogen and oxygen atoms in total. The predicted molar refractivity (Wildman–Crippen MR) is 67.2 cm³/mol. The molecule has 2 fully saturated rings. The Labute approximate surface area is 98.0 Å². The van der Waals surface area contributed by atoms with Gasteiger partial charge in [0.1, 0.15) is 0 Å². The van der Waals surface area contributed by atoms with Crippen LogP contribution in [0.4, 0.5) is 0 Å². The minimum absolute atomic E-state index is 0.00755. The van der Waals surface area contributed by atoms with Gasteiger partial charge in [0, 0.05) is 5.25 Å². The van der Waals surface area contributed by atoms with Crippen molar-refractivity contribution in [1.82, 2.24) is 0 Å². The fourth-order valence-electron chi connectivity index (χ4n) is 3.19. The zero-order chi connectivity index (χ0) is 10.7. The fraction of sp³-hybridized carbons (Fsp3) is 1.00. The molecule has 2 rings (SSSR count). The predicted octanol–water partition coefficient (Wildman–Crippen LogP) is 3.46. The standard InChI is InChI=1S/C13H24OS/c1-2-10-5-3-6-11(9-10)13(14)12-7-4-8-15-12/h10-14H,2-9H2,1H3. The zero-order valence-corrected chi connectivity index (χ0v) is 10.6. The van der Waals surface area contributed by atoms with Crippen molar-refractivity contribution in [2.24, 2.45) is 11.8 Å². The summed E-state index contributed by atoms with van der Waals surface area (Å²) in [5.41, 5.74) is 0. The normalized spacial score (nSPS) is 39.2. The lowest BCUT2D eigenvalue weighted by molar-refractivity contribution is 0.0659. The van der Waals surface area contributed by atoms with E-state index in [2.05, 4.69) is 6.92 Å². The summed E-state index contributed by atoms with van der Waals surface area (Å²) >= 11 is 2.00. The van der Waals surface area contributed by atoms with Crippen LogP contribution in [0.3, 0.4) is 0 Å². The number of aliphatic hydroxyl groups is 1. The van der Waals surface area contributed by atoms with Crippen molar-refractivity contribution >= 4 is 11.8 Å². The van der Waals surface area contributed by atoms with E-state index in [9.17, 15) is 5.11 Å². The zero-order valence-electron chi connectivity index (χ0n) is 9.82. The highest BCUT2D eigenvalue weighted by atomic mass is 32.2. The Balaban J connectivity index is 1.85. The summed E-state index contributed by atoms with van der Waals surface area (Å²) in [4.78, 5) is 0. The van der Waals surface area contributed by atoms with Gasteiger partial charge in [0.2, 0.25) is 0 Å². The second kappa shape index (κ2) is 5.58. The second-order valence-corrected chi connectivity index (χ2v) is 6.59. The molecule has 15 heavy (non-hydrogen) atoms. The van der Waals surface area contributed by atoms with Crippen LogP contribution in [0.15, 0.2) is 0 Å². The number of aliphatic hydroxyl groups excluding tert-OH is 1. The lowest BCUT2D eigenvalue weighted by Crippen LogP contribution is -2.33. The lowest BCUT2D eigenvalue weighted by atomic mass is 9.76. The van der Waals surface area contributed by atoms with Crippen molar-refractivity contribution in [3.63, 3.8) is 0 Å². The monoisotopic (exact) mass is 228 g/mol. The largest absolute Gasteiger partial charge is 0.392 e. The summed E-state index contributed by atoms with van der Waals surface area (Å²) in [7, 11) is 0. The van der Waals surface area contributed by atoms with E-state index in [1.54, 1.807) is 0 Å². The van der Waals surface area contributed by atoms with E-state index >= 15 is 0 Å². The Morgan fingerprint density at radius 3 is 2.80 bits per heavy atom. The van der Waals surface area contributed by atoms with Crippen LogP contribution in [0, 0.1) is 11.8 Å². The molecular weight excluding hydrogens is 204 g/mol. The average Bonchev–Trinajstić information content (AvgIpc) is 2.81. The third kappa shape index (κ3) is 2.91. The van der Waals surface area contributed by atoms with Gasteiger partial charge < -0.3 is 5.11 Å². The minimum atomic E-state index is -0.00755. The molecule has 4 atom stereocenters. The van der Waals surface area contributed by atoms with Gasteiger partial charge >= 0.3 is 0 Å². The van der Waals surface area contributed by atoms with Crippen molar-refractivity contribution in [2.75, 3.05) is 5.75 Å².